The van der Waals surface area contributed by atoms with Crippen LogP contribution in [-0.2, 0) is 22.5 Å². The number of hydrogen-bond donors (Lipinski definition) is 1. The molecule has 1 aliphatic heterocycles. The number of ether oxygens (including phenoxy) is 2. The lowest BCUT2D eigenvalue weighted by molar-refractivity contribution is -0.119. The number of carbonyl (C=O) groups is 2. The van der Waals surface area contributed by atoms with Crippen LogP contribution < -0.4 is 15.6 Å². The number of benzene rings is 1. The lowest BCUT2D eigenvalue weighted by atomic mass is 10.2. The molecule has 0 radical (unpaired) electrons. The molecular weight excluding hydrogens is 430 g/mol. The zero-order chi connectivity index (χ0) is 22.7. The van der Waals surface area contributed by atoms with Crippen molar-refractivity contribution < 1.29 is 19.1 Å². The van der Waals surface area contributed by atoms with Crippen LogP contribution in [0.25, 0.3) is 10.2 Å². The highest BCUT2D eigenvalue weighted by atomic mass is 32.1. The van der Waals surface area contributed by atoms with E-state index >= 15 is 0 Å². The molecular formula is C23H25N3O5S. The Morgan fingerprint density at radius 1 is 1.22 bits per heavy atom. The smallest absolute Gasteiger partial charge is 0.349 e. The highest BCUT2D eigenvalue weighted by Crippen LogP contribution is 2.29. The molecule has 4 rings (SSSR count). The molecule has 1 aliphatic rings. The minimum Gasteiger partial charge on any atom is -0.492 e. The molecule has 168 valence electrons. The average molecular weight is 456 g/mol. The largest absolute Gasteiger partial charge is 0.492 e. The van der Waals surface area contributed by atoms with E-state index in [4.69, 9.17) is 9.47 Å². The topological polar surface area (TPSA) is 99.5 Å². The second-order valence-electron chi connectivity index (χ2n) is 7.59. The van der Waals surface area contributed by atoms with Gasteiger partial charge in [0.15, 0.2) is 6.61 Å². The van der Waals surface area contributed by atoms with E-state index in [1.54, 1.807) is 35.8 Å². The predicted octanol–water partition coefficient (Wildman–Crippen LogP) is 3.69. The molecule has 0 unspecified atom stereocenters. The fraction of sp³-hybridized carbons (Fsp3) is 0.391. The highest BCUT2D eigenvalue weighted by Gasteiger charge is 2.23. The molecule has 8 nitrogen and oxygen atoms in total. The Hall–Kier alpha value is -3.20. The fourth-order valence-electron chi connectivity index (χ4n) is 3.84. The number of thiophene rings is 1. The zero-order valence-corrected chi connectivity index (χ0v) is 18.9. The van der Waals surface area contributed by atoms with Gasteiger partial charge < -0.3 is 14.8 Å². The van der Waals surface area contributed by atoms with E-state index < -0.39 is 18.5 Å². The number of hydrogen-bond acceptors (Lipinski definition) is 7. The van der Waals surface area contributed by atoms with Crippen LogP contribution >= 0.6 is 11.3 Å². The summed E-state index contributed by atoms with van der Waals surface area (Å²) in [5.74, 6) is 0.197. The van der Waals surface area contributed by atoms with Gasteiger partial charge in [0.2, 0.25) is 0 Å². The molecule has 1 amide bonds. The van der Waals surface area contributed by atoms with Gasteiger partial charge in [-0.25, -0.2) is 9.78 Å². The average Bonchev–Trinajstić information content (AvgIpc) is 2.95. The van der Waals surface area contributed by atoms with Crippen LogP contribution in [0.1, 0.15) is 47.2 Å². The Morgan fingerprint density at radius 2 is 2.03 bits per heavy atom. The molecule has 0 saturated heterocycles. The number of aromatic nitrogens is 2. The molecule has 0 saturated carbocycles. The number of anilines is 1. The van der Waals surface area contributed by atoms with E-state index in [0.717, 1.165) is 42.8 Å². The van der Waals surface area contributed by atoms with Crippen LogP contribution in [-0.4, -0.2) is 34.6 Å². The third kappa shape index (κ3) is 4.38. The van der Waals surface area contributed by atoms with Crippen molar-refractivity contribution in [1.82, 2.24) is 9.55 Å². The quantitative estimate of drug-likeness (QED) is 0.569. The molecule has 0 bridgehead atoms. The maximum Gasteiger partial charge on any atom is 0.349 e. The van der Waals surface area contributed by atoms with Gasteiger partial charge in [0.05, 0.1) is 17.7 Å². The van der Waals surface area contributed by atoms with Crippen molar-refractivity contribution >= 4 is 39.1 Å². The Balaban J connectivity index is 1.50. The second kappa shape index (κ2) is 9.52. The molecule has 9 heteroatoms. The maximum absolute atomic E-state index is 13.0. The number of rotatable bonds is 6. The van der Waals surface area contributed by atoms with Gasteiger partial charge in [-0.2, -0.15) is 0 Å². The van der Waals surface area contributed by atoms with Crippen molar-refractivity contribution in [3.63, 3.8) is 0 Å². The van der Waals surface area contributed by atoms with Gasteiger partial charge in [-0.05, 0) is 44.4 Å². The number of fused-ring (bicyclic) bond motifs is 2. The first-order chi connectivity index (χ1) is 15.5. The van der Waals surface area contributed by atoms with Crippen LogP contribution in [0.5, 0.6) is 5.75 Å². The van der Waals surface area contributed by atoms with Crippen molar-refractivity contribution in [2.24, 2.45) is 0 Å². The number of nitrogens with zero attached hydrogens (tertiary/aromatic N) is 2. The van der Waals surface area contributed by atoms with Crippen LogP contribution in [0.3, 0.4) is 0 Å². The Morgan fingerprint density at radius 3 is 2.84 bits per heavy atom. The van der Waals surface area contributed by atoms with Gasteiger partial charge in [-0.1, -0.05) is 18.6 Å². The molecule has 1 aromatic carbocycles. The van der Waals surface area contributed by atoms with Crippen molar-refractivity contribution in [3.05, 3.63) is 50.9 Å². The fourth-order valence-corrected chi connectivity index (χ4v) is 4.92. The number of esters is 1. The number of carbonyl (C=O) groups excluding carboxylic acids is 2. The van der Waals surface area contributed by atoms with Gasteiger partial charge >= 0.3 is 5.97 Å². The van der Waals surface area contributed by atoms with Crippen LogP contribution in [0.2, 0.25) is 0 Å². The molecule has 32 heavy (non-hydrogen) atoms. The van der Waals surface area contributed by atoms with Gasteiger partial charge in [-0.3, -0.25) is 14.2 Å². The third-order valence-corrected chi connectivity index (χ3v) is 6.56. The predicted molar refractivity (Wildman–Crippen MR) is 123 cm³/mol. The summed E-state index contributed by atoms with van der Waals surface area (Å²) in [4.78, 5) is 43.6. The van der Waals surface area contributed by atoms with Gasteiger partial charge in [-0.15, -0.1) is 11.3 Å². The standard InChI is InChI=1S/C23H25N3O5S/c1-3-30-16-10-7-6-9-15(16)24-18(27)13-31-23(29)20-14(2)19-21(32-20)25-17-11-5-4-8-12-26(17)22(19)28/h6-7,9-10H,3-5,8,11-13H2,1-2H3,(H,24,27). The van der Waals surface area contributed by atoms with E-state index in [2.05, 4.69) is 10.3 Å². The molecule has 0 aliphatic carbocycles. The number of aryl methyl sites for hydroxylation is 2. The van der Waals surface area contributed by atoms with Crippen LogP contribution in [0.4, 0.5) is 5.69 Å². The number of para-hydroxylation sites is 2. The van der Waals surface area contributed by atoms with Crippen LogP contribution in [0, 0.1) is 6.92 Å². The molecule has 0 atom stereocenters. The summed E-state index contributed by atoms with van der Waals surface area (Å²) < 4.78 is 12.5. The molecule has 1 N–H and O–H groups in total. The van der Waals surface area contributed by atoms with Gasteiger partial charge in [0.1, 0.15) is 21.3 Å². The van der Waals surface area contributed by atoms with Crippen molar-refractivity contribution in [3.8, 4) is 5.75 Å². The van der Waals surface area contributed by atoms with Crippen molar-refractivity contribution in [2.75, 3.05) is 18.5 Å². The summed E-state index contributed by atoms with van der Waals surface area (Å²) in [5, 5.41) is 3.15. The second-order valence-corrected chi connectivity index (χ2v) is 8.58. The molecule has 3 heterocycles. The first-order valence-corrected chi connectivity index (χ1v) is 11.5. The Kier molecular flexibility index (Phi) is 6.55. The monoisotopic (exact) mass is 455 g/mol. The Bertz CT molecular complexity index is 1230. The number of amides is 1. The minimum atomic E-state index is -0.640. The van der Waals surface area contributed by atoms with Gasteiger partial charge in [0.25, 0.3) is 11.5 Å². The van der Waals surface area contributed by atoms with E-state index in [1.807, 2.05) is 6.92 Å². The summed E-state index contributed by atoms with van der Waals surface area (Å²) in [5.41, 5.74) is 0.950. The van der Waals surface area contributed by atoms with Crippen LogP contribution in [0.15, 0.2) is 29.1 Å². The zero-order valence-electron chi connectivity index (χ0n) is 18.1. The molecule has 0 spiro atoms. The molecule has 2 aromatic heterocycles. The molecule has 3 aromatic rings. The highest BCUT2D eigenvalue weighted by molar-refractivity contribution is 7.20. The minimum absolute atomic E-state index is 0.107. The van der Waals surface area contributed by atoms with Crippen molar-refractivity contribution in [2.45, 2.75) is 46.1 Å². The first-order valence-electron chi connectivity index (χ1n) is 10.7. The lowest BCUT2D eigenvalue weighted by Gasteiger charge is -2.11. The summed E-state index contributed by atoms with van der Waals surface area (Å²) >= 11 is 1.14. The summed E-state index contributed by atoms with van der Waals surface area (Å²) in [6.07, 6.45) is 3.77. The maximum atomic E-state index is 13.0. The van der Waals surface area contributed by atoms with E-state index in [-0.39, 0.29) is 5.56 Å². The lowest BCUT2D eigenvalue weighted by Crippen LogP contribution is -2.24. The first kappa shape index (κ1) is 22.0. The summed E-state index contributed by atoms with van der Waals surface area (Å²) in [6.45, 7) is 4.24. The summed E-state index contributed by atoms with van der Waals surface area (Å²) in [6, 6.07) is 7.04. The normalized spacial score (nSPS) is 13.3. The number of nitrogens with one attached hydrogen (secondary N) is 1. The summed E-state index contributed by atoms with van der Waals surface area (Å²) in [7, 11) is 0. The van der Waals surface area contributed by atoms with E-state index in [1.165, 1.54) is 0 Å². The SMILES string of the molecule is CCOc1ccccc1NC(=O)COC(=O)c1sc2nc3n(c(=O)c2c1C)CCCCC3. The van der Waals surface area contributed by atoms with Crippen molar-refractivity contribution in [1.29, 1.82) is 0 Å². The Labute approximate surface area is 189 Å². The third-order valence-electron chi connectivity index (χ3n) is 5.39. The van der Waals surface area contributed by atoms with E-state index in [0.29, 0.717) is 45.2 Å². The molecule has 0 fully saturated rings. The van der Waals surface area contributed by atoms with E-state index in [9.17, 15) is 14.4 Å². The van der Waals surface area contributed by atoms with Gasteiger partial charge in [0, 0.05) is 13.0 Å².